The van der Waals surface area contributed by atoms with Gasteiger partial charge in [-0.1, -0.05) is 18.2 Å². The lowest BCUT2D eigenvalue weighted by atomic mass is 9.99. The van der Waals surface area contributed by atoms with Gasteiger partial charge in [0.2, 0.25) is 0 Å². The van der Waals surface area contributed by atoms with Gasteiger partial charge in [-0.2, -0.15) is 0 Å². The second-order valence-corrected chi connectivity index (χ2v) is 6.25. The molecule has 6 heteroatoms. The quantitative estimate of drug-likeness (QED) is 0.710. The maximum atomic E-state index is 12.6. The summed E-state index contributed by atoms with van der Waals surface area (Å²) in [6.07, 6.45) is 5.28. The SMILES string of the molecule is COc1ncc(-c2cccc3c2NC(=O)/C3=C\c2[nH]c(C)cc2C)cn1. The molecule has 1 aromatic carbocycles. The van der Waals surface area contributed by atoms with Crippen molar-refractivity contribution in [2.24, 2.45) is 0 Å². The molecule has 26 heavy (non-hydrogen) atoms. The molecule has 0 radical (unpaired) electrons. The van der Waals surface area contributed by atoms with E-state index < -0.39 is 0 Å². The zero-order valence-corrected chi connectivity index (χ0v) is 14.8. The molecule has 3 heterocycles. The van der Waals surface area contributed by atoms with E-state index in [4.69, 9.17) is 4.74 Å². The van der Waals surface area contributed by atoms with Gasteiger partial charge < -0.3 is 15.0 Å². The fourth-order valence-corrected chi connectivity index (χ4v) is 3.20. The lowest BCUT2D eigenvalue weighted by Gasteiger charge is -2.07. The maximum absolute atomic E-state index is 12.6. The highest BCUT2D eigenvalue weighted by atomic mass is 16.5. The standard InChI is InChI=1S/C20H18N4O2/c1-11-7-12(2)23-17(11)8-16-15-6-4-5-14(18(15)24-19(16)25)13-9-21-20(26-3)22-10-13/h4-10,23H,1-3H3,(H,24,25)/b16-8-. The summed E-state index contributed by atoms with van der Waals surface area (Å²) in [6.45, 7) is 4.02. The number of rotatable bonds is 3. The summed E-state index contributed by atoms with van der Waals surface area (Å²) in [6, 6.07) is 8.18. The summed E-state index contributed by atoms with van der Waals surface area (Å²) in [5.74, 6) is -0.117. The Morgan fingerprint density at radius 2 is 1.85 bits per heavy atom. The molecule has 4 rings (SSSR count). The van der Waals surface area contributed by atoms with E-state index in [1.807, 2.05) is 38.1 Å². The summed E-state index contributed by atoms with van der Waals surface area (Å²) in [7, 11) is 1.52. The predicted octanol–water partition coefficient (Wildman–Crippen LogP) is 3.59. The number of carbonyl (C=O) groups excluding carboxylic acids is 1. The molecule has 0 unspecified atom stereocenters. The van der Waals surface area contributed by atoms with Gasteiger partial charge in [-0.3, -0.25) is 4.79 Å². The number of carbonyl (C=O) groups is 1. The van der Waals surface area contributed by atoms with Crippen LogP contribution in [0.4, 0.5) is 5.69 Å². The van der Waals surface area contributed by atoms with E-state index in [1.54, 1.807) is 12.4 Å². The van der Waals surface area contributed by atoms with Crippen LogP contribution in [0.5, 0.6) is 6.01 Å². The van der Waals surface area contributed by atoms with E-state index in [1.165, 1.54) is 7.11 Å². The van der Waals surface area contributed by atoms with Crippen LogP contribution in [0.1, 0.15) is 22.5 Å². The number of nitrogens with one attached hydrogen (secondary N) is 2. The molecule has 0 spiro atoms. The first-order valence-corrected chi connectivity index (χ1v) is 8.26. The van der Waals surface area contributed by atoms with Crippen LogP contribution in [0.2, 0.25) is 0 Å². The van der Waals surface area contributed by atoms with Crippen molar-refractivity contribution in [1.29, 1.82) is 0 Å². The van der Waals surface area contributed by atoms with Gasteiger partial charge in [-0.25, -0.2) is 9.97 Å². The summed E-state index contributed by atoms with van der Waals surface area (Å²) < 4.78 is 5.01. The first-order chi connectivity index (χ1) is 12.6. The number of ether oxygens (including phenoxy) is 1. The Balaban J connectivity index is 1.81. The van der Waals surface area contributed by atoms with Gasteiger partial charge in [0.25, 0.3) is 5.91 Å². The third kappa shape index (κ3) is 2.65. The molecular formula is C20H18N4O2. The van der Waals surface area contributed by atoms with Crippen LogP contribution in [0.3, 0.4) is 0 Å². The molecule has 1 aliphatic rings. The van der Waals surface area contributed by atoms with Gasteiger partial charge in [0, 0.05) is 40.5 Å². The fraction of sp³-hybridized carbons (Fsp3) is 0.150. The maximum Gasteiger partial charge on any atom is 0.316 e. The number of para-hydroxylation sites is 1. The topological polar surface area (TPSA) is 79.9 Å². The molecule has 1 aliphatic heterocycles. The number of aromatic amines is 1. The zero-order chi connectivity index (χ0) is 18.3. The molecule has 0 aliphatic carbocycles. The molecule has 0 fully saturated rings. The number of anilines is 1. The molecule has 2 N–H and O–H groups in total. The second kappa shape index (κ2) is 6.15. The first-order valence-electron chi connectivity index (χ1n) is 8.26. The van der Waals surface area contributed by atoms with Crippen LogP contribution in [-0.2, 0) is 4.79 Å². The van der Waals surface area contributed by atoms with Gasteiger partial charge >= 0.3 is 6.01 Å². The third-order valence-corrected chi connectivity index (χ3v) is 4.44. The average Bonchev–Trinajstić information content (AvgIpc) is 3.13. The van der Waals surface area contributed by atoms with E-state index in [0.717, 1.165) is 39.3 Å². The van der Waals surface area contributed by atoms with Gasteiger partial charge in [-0.15, -0.1) is 0 Å². The molecular weight excluding hydrogens is 328 g/mol. The number of amides is 1. The predicted molar refractivity (Wildman–Crippen MR) is 101 cm³/mol. The second-order valence-electron chi connectivity index (χ2n) is 6.25. The number of hydrogen-bond acceptors (Lipinski definition) is 4. The normalized spacial score (nSPS) is 14.4. The molecule has 0 bridgehead atoms. The molecule has 130 valence electrons. The lowest BCUT2D eigenvalue weighted by Crippen LogP contribution is -2.04. The van der Waals surface area contributed by atoms with E-state index in [2.05, 4.69) is 26.3 Å². The highest BCUT2D eigenvalue weighted by molar-refractivity contribution is 6.36. The number of benzene rings is 1. The minimum atomic E-state index is -0.117. The Labute approximate surface area is 151 Å². The molecule has 1 amide bonds. The molecule has 0 saturated carbocycles. The third-order valence-electron chi connectivity index (χ3n) is 4.44. The minimum absolute atomic E-state index is 0.117. The van der Waals surface area contributed by atoms with E-state index in [9.17, 15) is 4.79 Å². The van der Waals surface area contributed by atoms with Gasteiger partial charge in [0.1, 0.15) is 0 Å². The van der Waals surface area contributed by atoms with Crippen LogP contribution in [-0.4, -0.2) is 28.0 Å². The largest absolute Gasteiger partial charge is 0.467 e. The number of methoxy groups -OCH3 is 1. The summed E-state index contributed by atoms with van der Waals surface area (Å²) in [5.41, 5.74) is 7.10. The van der Waals surface area contributed by atoms with E-state index >= 15 is 0 Å². The Hall–Kier alpha value is -3.41. The number of aromatic nitrogens is 3. The molecule has 2 aromatic heterocycles. The van der Waals surface area contributed by atoms with Crippen molar-refractivity contribution < 1.29 is 9.53 Å². The molecule has 3 aromatic rings. The van der Waals surface area contributed by atoms with Gasteiger partial charge in [0.15, 0.2) is 0 Å². The van der Waals surface area contributed by atoms with Gasteiger partial charge in [0.05, 0.1) is 18.4 Å². The number of nitrogens with zero attached hydrogens (tertiary/aromatic N) is 2. The minimum Gasteiger partial charge on any atom is -0.467 e. The Morgan fingerprint density at radius 3 is 2.50 bits per heavy atom. The van der Waals surface area contributed by atoms with Crippen molar-refractivity contribution in [1.82, 2.24) is 15.0 Å². The highest BCUT2D eigenvalue weighted by Gasteiger charge is 2.27. The lowest BCUT2D eigenvalue weighted by molar-refractivity contribution is -0.110. The van der Waals surface area contributed by atoms with Crippen LogP contribution in [0, 0.1) is 13.8 Å². The van der Waals surface area contributed by atoms with Crippen molar-refractivity contribution in [3.8, 4) is 17.1 Å². The van der Waals surface area contributed by atoms with Crippen molar-refractivity contribution in [2.45, 2.75) is 13.8 Å². The summed E-state index contributed by atoms with van der Waals surface area (Å²) in [5, 5.41) is 2.98. The average molecular weight is 346 g/mol. The number of fused-ring (bicyclic) bond motifs is 1. The Kier molecular flexibility index (Phi) is 3.80. The van der Waals surface area contributed by atoms with E-state index in [0.29, 0.717) is 11.6 Å². The smallest absolute Gasteiger partial charge is 0.316 e. The van der Waals surface area contributed by atoms with Crippen LogP contribution in [0.25, 0.3) is 22.8 Å². The Morgan fingerprint density at radius 1 is 1.12 bits per heavy atom. The molecule has 0 atom stereocenters. The van der Waals surface area contributed by atoms with Crippen LogP contribution in [0.15, 0.2) is 36.7 Å². The van der Waals surface area contributed by atoms with Crippen molar-refractivity contribution in [2.75, 3.05) is 12.4 Å². The molecule has 0 saturated heterocycles. The number of aryl methyl sites for hydroxylation is 2. The Bertz CT molecular complexity index is 1030. The van der Waals surface area contributed by atoms with Crippen molar-refractivity contribution >= 4 is 23.2 Å². The fourth-order valence-electron chi connectivity index (χ4n) is 3.20. The van der Waals surface area contributed by atoms with Crippen LogP contribution < -0.4 is 10.1 Å². The first kappa shape index (κ1) is 16.1. The molecule has 6 nitrogen and oxygen atoms in total. The summed E-state index contributed by atoms with van der Waals surface area (Å²) >= 11 is 0. The van der Waals surface area contributed by atoms with Crippen molar-refractivity contribution in [3.05, 3.63) is 59.2 Å². The zero-order valence-electron chi connectivity index (χ0n) is 14.8. The highest BCUT2D eigenvalue weighted by Crippen LogP contribution is 2.40. The number of H-pyrrole nitrogens is 1. The van der Waals surface area contributed by atoms with Gasteiger partial charge in [-0.05, 0) is 31.6 Å². The number of hydrogen-bond donors (Lipinski definition) is 2. The van der Waals surface area contributed by atoms with Crippen LogP contribution >= 0.6 is 0 Å². The van der Waals surface area contributed by atoms with E-state index in [-0.39, 0.29) is 5.91 Å². The monoisotopic (exact) mass is 346 g/mol. The van der Waals surface area contributed by atoms with Crippen molar-refractivity contribution in [3.63, 3.8) is 0 Å². The summed E-state index contributed by atoms with van der Waals surface area (Å²) in [4.78, 5) is 24.2.